The molecule has 3 rings (SSSR count). The van der Waals surface area contributed by atoms with E-state index in [0.29, 0.717) is 10.9 Å². The predicted molar refractivity (Wildman–Crippen MR) is 87.5 cm³/mol. The van der Waals surface area contributed by atoms with Gasteiger partial charge in [0.25, 0.3) is 0 Å². The maximum absolute atomic E-state index is 5.53. The number of benzene rings is 1. The molecule has 0 aliphatic heterocycles. The first kappa shape index (κ1) is 12.8. The summed E-state index contributed by atoms with van der Waals surface area (Å²) in [7, 11) is 0. The molecule has 0 radical (unpaired) electrons. The number of hydrazone groups is 1. The van der Waals surface area contributed by atoms with Crippen molar-refractivity contribution in [3.8, 4) is 11.1 Å². The highest BCUT2D eigenvalue weighted by atomic mass is 32.1. The van der Waals surface area contributed by atoms with E-state index in [1.165, 1.54) is 22.5 Å². The second-order valence-electron chi connectivity index (χ2n) is 4.08. The van der Waals surface area contributed by atoms with Gasteiger partial charge < -0.3 is 5.73 Å². The molecule has 0 aliphatic rings. The average molecular weight is 300 g/mol. The first-order valence-electron chi connectivity index (χ1n) is 5.94. The van der Waals surface area contributed by atoms with Gasteiger partial charge in [-0.15, -0.1) is 11.3 Å². The number of thiazole rings is 1. The third-order valence-electron chi connectivity index (χ3n) is 2.66. The van der Waals surface area contributed by atoms with Gasteiger partial charge in [0.1, 0.15) is 5.82 Å². The molecule has 4 nitrogen and oxygen atoms in total. The second kappa shape index (κ2) is 5.85. The van der Waals surface area contributed by atoms with E-state index in [1.54, 1.807) is 22.9 Å². The third kappa shape index (κ3) is 3.04. The van der Waals surface area contributed by atoms with Crippen LogP contribution in [0.5, 0.6) is 0 Å². The van der Waals surface area contributed by atoms with E-state index in [2.05, 4.69) is 44.5 Å². The van der Waals surface area contributed by atoms with Crippen molar-refractivity contribution in [2.75, 3.05) is 11.2 Å². The molecule has 2 heterocycles. The number of nitrogens with two attached hydrogens (primary N) is 1. The first-order chi connectivity index (χ1) is 9.81. The summed E-state index contributed by atoms with van der Waals surface area (Å²) in [5.74, 6) is 0.507. The lowest BCUT2D eigenvalue weighted by molar-refractivity contribution is 1.29. The lowest BCUT2D eigenvalue weighted by Gasteiger charge is -1.98. The third-order valence-corrected chi connectivity index (χ3v) is 4.11. The first-order valence-corrected chi connectivity index (χ1v) is 7.76. The molecule has 3 N–H and O–H groups in total. The van der Waals surface area contributed by atoms with Crippen molar-refractivity contribution in [3.05, 3.63) is 52.0 Å². The van der Waals surface area contributed by atoms with Crippen LogP contribution in [0.25, 0.3) is 11.1 Å². The van der Waals surface area contributed by atoms with Gasteiger partial charge in [-0.1, -0.05) is 24.3 Å². The molecule has 0 unspecified atom stereocenters. The number of aromatic nitrogens is 1. The molecule has 0 saturated carbocycles. The van der Waals surface area contributed by atoms with Gasteiger partial charge in [0, 0.05) is 5.38 Å². The zero-order chi connectivity index (χ0) is 13.8. The fraction of sp³-hybridized carbons (Fsp3) is 0. The normalized spacial score (nSPS) is 11.0. The van der Waals surface area contributed by atoms with Crippen LogP contribution in [0.3, 0.4) is 0 Å². The van der Waals surface area contributed by atoms with E-state index in [1.807, 2.05) is 12.1 Å². The fourth-order valence-electron chi connectivity index (χ4n) is 1.69. The lowest BCUT2D eigenvalue weighted by atomic mass is 10.1. The average Bonchev–Trinajstić information content (AvgIpc) is 3.11. The molecule has 1 aromatic carbocycles. The Bertz CT molecular complexity index is 699. The Hall–Kier alpha value is -2.18. The van der Waals surface area contributed by atoms with Gasteiger partial charge >= 0.3 is 0 Å². The van der Waals surface area contributed by atoms with Crippen molar-refractivity contribution < 1.29 is 0 Å². The summed E-state index contributed by atoms with van der Waals surface area (Å²) in [5, 5.41) is 10.8. The smallest absolute Gasteiger partial charge is 0.205 e. The van der Waals surface area contributed by atoms with Crippen molar-refractivity contribution in [1.29, 1.82) is 0 Å². The summed E-state index contributed by atoms with van der Waals surface area (Å²) in [5.41, 5.74) is 11.9. The van der Waals surface area contributed by atoms with Gasteiger partial charge in [-0.3, -0.25) is 5.43 Å². The molecule has 0 spiro atoms. The highest BCUT2D eigenvalue weighted by Gasteiger charge is 1.98. The summed E-state index contributed by atoms with van der Waals surface area (Å²) in [6, 6.07) is 10.4. The molecule has 0 amide bonds. The Balaban J connectivity index is 1.66. The number of hydrogen-bond acceptors (Lipinski definition) is 6. The van der Waals surface area contributed by atoms with Crippen LogP contribution in [0, 0.1) is 0 Å². The summed E-state index contributed by atoms with van der Waals surface area (Å²) in [6.07, 6.45) is 1.76. The predicted octanol–water partition coefficient (Wildman–Crippen LogP) is 3.90. The van der Waals surface area contributed by atoms with E-state index in [0.717, 1.165) is 5.56 Å². The van der Waals surface area contributed by atoms with Crippen molar-refractivity contribution in [3.63, 3.8) is 0 Å². The van der Waals surface area contributed by atoms with Crippen LogP contribution in [0.4, 0.5) is 10.9 Å². The van der Waals surface area contributed by atoms with E-state index < -0.39 is 0 Å². The van der Waals surface area contributed by atoms with Crippen molar-refractivity contribution in [2.24, 2.45) is 5.10 Å². The highest BCUT2D eigenvalue weighted by Crippen LogP contribution is 2.22. The van der Waals surface area contributed by atoms with Crippen molar-refractivity contribution in [2.45, 2.75) is 0 Å². The van der Waals surface area contributed by atoms with E-state index in [9.17, 15) is 0 Å². The van der Waals surface area contributed by atoms with Crippen LogP contribution in [0.15, 0.2) is 51.6 Å². The summed E-state index contributed by atoms with van der Waals surface area (Å²) in [4.78, 5) is 4.06. The summed E-state index contributed by atoms with van der Waals surface area (Å²) >= 11 is 3.13. The van der Waals surface area contributed by atoms with Crippen LogP contribution in [0.2, 0.25) is 0 Å². The van der Waals surface area contributed by atoms with Gasteiger partial charge in [0.05, 0.1) is 6.21 Å². The maximum Gasteiger partial charge on any atom is 0.205 e. The number of nitrogen functional groups attached to an aromatic ring is 1. The maximum atomic E-state index is 5.53. The number of nitrogens with zero attached hydrogens (tertiary/aromatic N) is 2. The Morgan fingerprint density at radius 1 is 1.10 bits per heavy atom. The van der Waals surface area contributed by atoms with Crippen molar-refractivity contribution >= 4 is 39.8 Å². The molecule has 0 aliphatic carbocycles. The largest absolute Gasteiger partial charge is 0.383 e. The molecule has 6 heteroatoms. The second-order valence-corrected chi connectivity index (χ2v) is 5.72. The molecule has 3 aromatic rings. The van der Waals surface area contributed by atoms with Gasteiger partial charge in [0.15, 0.2) is 0 Å². The number of nitrogens with one attached hydrogen (secondary N) is 1. The molecule has 0 bridgehead atoms. The molecule has 100 valence electrons. The Kier molecular flexibility index (Phi) is 3.76. The van der Waals surface area contributed by atoms with Gasteiger partial charge in [-0.05, 0) is 33.5 Å². The quantitative estimate of drug-likeness (QED) is 0.567. The van der Waals surface area contributed by atoms with Gasteiger partial charge in [-0.25, -0.2) is 4.98 Å². The summed E-state index contributed by atoms with van der Waals surface area (Å²) in [6.45, 7) is 0. The van der Waals surface area contributed by atoms with E-state index in [-0.39, 0.29) is 0 Å². The molecule has 20 heavy (non-hydrogen) atoms. The standard InChI is InChI=1S/C14H12N4S2/c15-13-9-20-14(17-13)18-16-7-10-1-3-11(4-2-10)12-5-6-19-8-12/h1-9H,15H2,(H,17,18). The number of thiophene rings is 1. The van der Waals surface area contributed by atoms with Crippen LogP contribution >= 0.6 is 22.7 Å². The minimum absolute atomic E-state index is 0.507. The zero-order valence-electron chi connectivity index (χ0n) is 10.5. The molecular formula is C14H12N4S2. The van der Waals surface area contributed by atoms with Crippen LogP contribution in [-0.2, 0) is 0 Å². The lowest BCUT2D eigenvalue weighted by Crippen LogP contribution is -1.91. The van der Waals surface area contributed by atoms with E-state index in [4.69, 9.17) is 5.73 Å². The van der Waals surface area contributed by atoms with Gasteiger partial charge in [-0.2, -0.15) is 16.4 Å². The monoisotopic (exact) mass is 300 g/mol. The fourth-order valence-corrected chi connectivity index (χ4v) is 2.90. The molecule has 0 fully saturated rings. The number of anilines is 2. The van der Waals surface area contributed by atoms with Crippen LogP contribution < -0.4 is 11.2 Å². The Morgan fingerprint density at radius 3 is 2.60 bits per heavy atom. The topological polar surface area (TPSA) is 63.3 Å². The molecular weight excluding hydrogens is 288 g/mol. The minimum Gasteiger partial charge on any atom is -0.383 e. The summed E-state index contributed by atoms with van der Waals surface area (Å²) < 4.78 is 0. The molecule has 0 saturated heterocycles. The number of rotatable bonds is 4. The van der Waals surface area contributed by atoms with Crippen LogP contribution in [0.1, 0.15) is 5.56 Å². The Morgan fingerprint density at radius 2 is 1.95 bits per heavy atom. The molecule has 2 aromatic heterocycles. The molecule has 0 atom stereocenters. The Labute approximate surface area is 124 Å². The van der Waals surface area contributed by atoms with E-state index >= 15 is 0 Å². The highest BCUT2D eigenvalue weighted by molar-refractivity contribution is 7.14. The zero-order valence-corrected chi connectivity index (χ0v) is 12.1. The van der Waals surface area contributed by atoms with Crippen LogP contribution in [-0.4, -0.2) is 11.2 Å². The van der Waals surface area contributed by atoms with Crippen molar-refractivity contribution in [1.82, 2.24) is 4.98 Å². The van der Waals surface area contributed by atoms with Gasteiger partial charge in [0.2, 0.25) is 5.13 Å². The SMILES string of the molecule is Nc1csc(NN=Cc2ccc(-c3ccsc3)cc2)n1. The minimum atomic E-state index is 0.507. The number of hydrogen-bond donors (Lipinski definition) is 2.